The van der Waals surface area contributed by atoms with E-state index in [9.17, 15) is 9.59 Å². The molecule has 2 amide bonds. The molecule has 0 aliphatic rings. The standard InChI is InChI=1S/C16H15N3O2S/c1-10-6-8-11(9-7-10)15(21)19-16(22)18-13-5-3-2-4-12(13)14(17)20/h2-9H,1H3,(H2,17,20)(H2,18,19,21,22). The molecule has 5 nitrogen and oxygen atoms in total. The summed E-state index contributed by atoms with van der Waals surface area (Å²) < 4.78 is 0. The number of nitrogens with one attached hydrogen (secondary N) is 2. The lowest BCUT2D eigenvalue weighted by molar-refractivity contribution is 0.0975. The Labute approximate surface area is 133 Å². The average molecular weight is 313 g/mol. The number of para-hydroxylation sites is 1. The topological polar surface area (TPSA) is 84.2 Å². The van der Waals surface area contributed by atoms with Crippen LogP contribution in [0.25, 0.3) is 0 Å². The Morgan fingerprint density at radius 1 is 1.05 bits per heavy atom. The Hall–Kier alpha value is -2.73. The van der Waals surface area contributed by atoms with Crippen molar-refractivity contribution < 1.29 is 9.59 Å². The number of nitrogens with two attached hydrogens (primary N) is 1. The molecule has 6 heteroatoms. The van der Waals surface area contributed by atoms with Gasteiger partial charge in [0.1, 0.15) is 0 Å². The molecule has 0 fully saturated rings. The van der Waals surface area contributed by atoms with Gasteiger partial charge in [-0.2, -0.15) is 0 Å². The summed E-state index contributed by atoms with van der Waals surface area (Å²) in [5.41, 5.74) is 7.60. The van der Waals surface area contributed by atoms with Crippen molar-refractivity contribution in [1.29, 1.82) is 0 Å². The van der Waals surface area contributed by atoms with Crippen LogP contribution in [-0.4, -0.2) is 16.9 Å². The molecule has 4 N–H and O–H groups in total. The fraction of sp³-hybridized carbons (Fsp3) is 0.0625. The van der Waals surface area contributed by atoms with E-state index in [0.29, 0.717) is 16.8 Å². The third kappa shape index (κ3) is 3.89. The molecule has 112 valence electrons. The number of rotatable bonds is 3. The lowest BCUT2D eigenvalue weighted by atomic mass is 10.1. The highest BCUT2D eigenvalue weighted by atomic mass is 32.1. The third-order valence-corrected chi connectivity index (χ3v) is 3.19. The Bertz CT molecular complexity index is 726. The maximum atomic E-state index is 12.0. The first-order chi connectivity index (χ1) is 10.5. The Balaban J connectivity index is 2.06. The van der Waals surface area contributed by atoms with Gasteiger partial charge < -0.3 is 11.1 Å². The summed E-state index contributed by atoms with van der Waals surface area (Å²) in [5.74, 6) is -0.898. The van der Waals surface area contributed by atoms with Crippen molar-refractivity contribution in [2.75, 3.05) is 5.32 Å². The summed E-state index contributed by atoms with van der Waals surface area (Å²) >= 11 is 5.09. The van der Waals surface area contributed by atoms with Gasteiger partial charge in [-0.15, -0.1) is 0 Å². The molecule has 0 radical (unpaired) electrons. The average Bonchev–Trinajstić information content (AvgIpc) is 2.48. The van der Waals surface area contributed by atoms with Crippen molar-refractivity contribution in [3.8, 4) is 0 Å². The van der Waals surface area contributed by atoms with Crippen LogP contribution in [0.3, 0.4) is 0 Å². The fourth-order valence-electron chi connectivity index (χ4n) is 1.84. The highest BCUT2D eigenvalue weighted by Crippen LogP contribution is 2.14. The van der Waals surface area contributed by atoms with Gasteiger partial charge in [0.25, 0.3) is 11.8 Å². The molecule has 2 aromatic rings. The van der Waals surface area contributed by atoms with Gasteiger partial charge in [-0.1, -0.05) is 29.8 Å². The highest BCUT2D eigenvalue weighted by Gasteiger charge is 2.11. The monoisotopic (exact) mass is 313 g/mol. The molecule has 0 aliphatic heterocycles. The predicted molar refractivity (Wildman–Crippen MR) is 89.8 cm³/mol. The van der Waals surface area contributed by atoms with Crippen molar-refractivity contribution >= 4 is 34.8 Å². The van der Waals surface area contributed by atoms with E-state index < -0.39 is 5.91 Å². The van der Waals surface area contributed by atoms with Crippen LogP contribution in [0.4, 0.5) is 5.69 Å². The van der Waals surface area contributed by atoms with E-state index in [4.69, 9.17) is 18.0 Å². The number of aryl methyl sites for hydroxylation is 1. The number of amides is 2. The summed E-state index contributed by atoms with van der Waals surface area (Å²) in [7, 11) is 0. The second-order valence-corrected chi connectivity index (χ2v) is 5.09. The summed E-state index contributed by atoms with van der Waals surface area (Å²) in [5, 5.41) is 5.46. The maximum absolute atomic E-state index is 12.0. The molecule has 0 aromatic heterocycles. The van der Waals surface area contributed by atoms with E-state index in [-0.39, 0.29) is 11.0 Å². The lowest BCUT2D eigenvalue weighted by Gasteiger charge is -2.12. The van der Waals surface area contributed by atoms with E-state index in [1.807, 2.05) is 19.1 Å². The van der Waals surface area contributed by atoms with Gasteiger partial charge in [-0.05, 0) is 43.4 Å². The third-order valence-electron chi connectivity index (χ3n) is 2.98. The van der Waals surface area contributed by atoms with Gasteiger partial charge in [0, 0.05) is 5.56 Å². The van der Waals surface area contributed by atoms with E-state index >= 15 is 0 Å². The smallest absolute Gasteiger partial charge is 0.257 e. The summed E-state index contributed by atoms with van der Waals surface area (Å²) in [6.45, 7) is 1.94. The SMILES string of the molecule is Cc1ccc(C(=O)NC(=S)Nc2ccccc2C(N)=O)cc1. The Morgan fingerprint density at radius 2 is 1.68 bits per heavy atom. The van der Waals surface area contributed by atoms with E-state index in [0.717, 1.165) is 5.56 Å². The van der Waals surface area contributed by atoms with Gasteiger partial charge in [0.15, 0.2) is 5.11 Å². The molecule has 0 aliphatic carbocycles. The molecular weight excluding hydrogens is 298 g/mol. The second-order valence-electron chi connectivity index (χ2n) is 4.68. The van der Waals surface area contributed by atoms with Gasteiger partial charge in [-0.25, -0.2) is 0 Å². The zero-order valence-corrected chi connectivity index (χ0v) is 12.7. The van der Waals surface area contributed by atoms with Crippen molar-refractivity contribution in [2.45, 2.75) is 6.92 Å². The lowest BCUT2D eigenvalue weighted by Crippen LogP contribution is -2.34. The van der Waals surface area contributed by atoms with Crippen LogP contribution in [0.1, 0.15) is 26.3 Å². The summed E-state index contributed by atoms with van der Waals surface area (Å²) in [4.78, 5) is 23.4. The number of anilines is 1. The van der Waals surface area contributed by atoms with Crippen LogP contribution in [-0.2, 0) is 0 Å². The van der Waals surface area contributed by atoms with Crippen LogP contribution in [0.2, 0.25) is 0 Å². The van der Waals surface area contributed by atoms with Crippen molar-refractivity contribution in [3.05, 3.63) is 65.2 Å². The first-order valence-electron chi connectivity index (χ1n) is 6.55. The van der Waals surface area contributed by atoms with E-state index in [1.54, 1.807) is 36.4 Å². The van der Waals surface area contributed by atoms with E-state index in [2.05, 4.69) is 10.6 Å². The predicted octanol–water partition coefficient (Wildman–Crippen LogP) is 2.22. The van der Waals surface area contributed by atoms with Crippen LogP contribution in [0.5, 0.6) is 0 Å². The highest BCUT2D eigenvalue weighted by molar-refractivity contribution is 7.80. The summed E-state index contributed by atoms with van der Waals surface area (Å²) in [6, 6.07) is 13.8. The van der Waals surface area contributed by atoms with Crippen LogP contribution >= 0.6 is 12.2 Å². The molecule has 0 spiro atoms. The molecule has 2 rings (SSSR count). The van der Waals surface area contributed by atoms with Crippen LogP contribution in [0.15, 0.2) is 48.5 Å². The zero-order valence-electron chi connectivity index (χ0n) is 11.9. The molecule has 0 saturated carbocycles. The summed E-state index contributed by atoms with van der Waals surface area (Å²) in [6.07, 6.45) is 0. The molecule has 2 aromatic carbocycles. The normalized spacial score (nSPS) is 9.86. The van der Waals surface area contributed by atoms with E-state index in [1.165, 1.54) is 0 Å². The van der Waals surface area contributed by atoms with Gasteiger partial charge in [0.2, 0.25) is 0 Å². The molecule has 0 heterocycles. The Morgan fingerprint density at radius 3 is 2.32 bits per heavy atom. The number of benzene rings is 2. The number of primary amides is 1. The Kier molecular flexibility index (Phi) is 4.85. The fourth-order valence-corrected chi connectivity index (χ4v) is 2.04. The number of hydrogen-bond acceptors (Lipinski definition) is 3. The molecule has 0 atom stereocenters. The maximum Gasteiger partial charge on any atom is 0.257 e. The van der Waals surface area contributed by atoms with Crippen molar-refractivity contribution in [2.24, 2.45) is 5.73 Å². The second kappa shape index (κ2) is 6.82. The van der Waals surface area contributed by atoms with Gasteiger partial charge >= 0.3 is 0 Å². The molecule has 0 bridgehead atoms. The van der Waals surface area contributed by atoms with Gasteiger partial charge in [-0.3, -0.25) is 14.9 Å². The number of carbonyl (C=O) groups excluding carboxylic acids is 2. The van der Waals surface area contributed by atoms with Crippen LogP contribution in [0, 0.1) is 6.92 Å². The minimum absolute atomic E-state index is 0.0966. The number of carbonyl (C=O) groups is 2. The zero-order chi connectivity index (χ0) is 16.1. The first kappa shape index (κ1) is 15.7. The van der Waals surface area contributed by atoms with Gasteiger partial charge in [0.05, 0.1) is 11.3 Å². The minimum Gasteiger partial charge on any atom is -0.366 e. The first-order valence-corrected chi connectivity index (χ1v) is 6.96. The number of thiocarbonyl (C=S) groups is 1. The molecule has 0 unspecified atom stereocenters. The molecular formula is C16H15N3O2S. The van der Waals surface area contributed by atoms with Crippen molar-refractivity contribution in [1.82, 2.24) is 5.32 Å². The number of hydrogen-bond donors (Lipinski definition) is 3. The molecule has 0 saturated heterocycles. The largest absolute Gasteiger partial charge is 0.366 e. The van der Waals surface area contributed by atoms with Crippen LogP contribution < -0.4 is 16.4 Å². The minimum atomic E-state index is -0.573. The molecule has 22 heavy (non-hydrogen) atoms. The quantitative estimate of drug-likeness (QED) is 0.759. The van der Waals surface area contributed by atoms with Crippen molar-refractivity contribution in [3.63, 3.8) is 0 Å².